The zero-order valence-corrected chi connectivity index (χ0v) is 12.8. The molecule has 0 aliphatic rings. The van der Waals surface area contributed by atoms with Crippen molar-refractivity contribution in [1.82, 2.24) is 4.57 Å². The molecule has 0 amide bonds. The van der Waals surface area contributed by atoms with Crippen molar-refractivity contribution < 1.29 is 9.53 Å². The van der Waals surface area contributed by atoms with Crippen LogP contribution >= 0.6 is 0 Å². The number of hydrogen-bond donors (Lipinski definition) is 0. The quantitative estimate of drug-likeness (QED) is 0.806. The van der Waals surface area contributed by atoms with E-state index in [9.17, 15) is 4.79 Å². The Morgan fingerprint density at radius 2 is 1.95 bits per heavy atom. The van der Waals surface area contributed by atoms with Gasteiger partial charge in [0, 0.05) is 11.6 Å². The molecule has 0 saturated carbocycles. The molecule has 0 radical (unpaired) electrons. The summed E-state index contributed by atoms with van der Waals surface area (Å²) in [5, 5.41) is 1.15. The number of benzene rings is 1. The molecule has 0 N–H and O–H groups in total. The first-order valence-corrected chi connectivity index (χ1v) is 7.24. The van der Waals surface area contributed by atoms with Crippen LogP contribution in [0, 0.1) is 0 Å². The van der Waals surface area contributed by atoms with E-state index in [2.05, 4.69) is 13.0 Å². The molecule has 1 heterocycles. The number of rotatable bonds is 3. The zero-order valence-electron chi connectivity index (χ0n) is 12.8. The number of hydrogen-bond acceptors (Lipinski definition) is 2. The Balaban J connectivity index is 2.40. The second kappa shape index (κ2) is 5.70. The van der Waals surface area contributed by atoms with Crippen molar-refractivity contribution in [2.24, 2.45) is 0 Å². The van der Waals surface area contributed by atoms with Gasteiger partial charge in [0.25, 0.3) is 0 Å². The highest BCUT2D eigenvalue weighted by Crippen LogP contribution is 2.24. The first kappa shape index (κ1) is 14.6. The van der Waals surface area contributed by atoms with Gasteiger partial charge in [0.2, 0.25) is 0 Å². The lowest BCUT2D eigenvalue weighted by Gasteiger charge is -2.19. The predicted octanol–water partition coefficient (Wildman–Crippen LogP) is 4.77. The monoisotopic (exact) mass is 273 g/mol. The lowest BCUT2D eigenvalue weighted by atomic mass is 10.1. The Bertz CT molecular complexity index is 605. The van der Waals surface area contributed by atoms with Crippen LogP contribution in [0.5, 0.6) is 0 Å². The van der Waals surface area contributed by atoms with E-state index < -0.39 is 5.60 Å². The van der Waals surface area contributed by atoms with Crippen molar-refractivity contribution >= 4 is 17.0 Å². The molecule has 0 unspecified atom stereocenters. The smallest absolute Gasteiger partial charge is 0.419 e. The molecule has 0 atom stereocenters. The minimum Gasteiger partial charge on any atom is -0.443 e. The molecule has 2 aromatic rings. The Kier molecular flexibility index (Phi) is 4.17. The first-order chi connectivity index (χ1) is 9.42. The highest BCUT2D eigenvalue weighted by atomic mass is 16.6. The fourth-order valence-corrected chi connectivity index (χ4v) is 2.28. The summed E-state index contributed by atoms with van der Waals surface area (Å²) >= 11 is 0. The second-order valence-corrected chi connectivity index (χ2v) is 6.13. The van der Waals surface area contributed by atoms with Gasteiger partial charge in [0.05, 0.1) is 5.52 Å². The molecule has 3 nitrogen and oxygen atoms in total. The van der Waals surface area contributed by atoms with Crippen LogP contribution in [0.1, 0.15) is 46.1 Å². The third kappa shape index (κ3) is 3.21. The van der Waals surface area contributed by atoms with E-state index in [1.807, 2.05) is 45.2 Å². The summed E-state index contributed by atoms with van der Waals surface area (Å²) in [5.41, 5.74) is 1.66. The Morgan fingerprint density at radius 3 is 2.60 bits per heavy atom. The lowest BCUT2D eigenvalue weighted by Crippen LogP contribution is -2.26. The van der Waals surface area contributed by atoms with Crippen molar-refractivity contribution in [2.45, 2.75) is 52.6 Å². The first-order valence-electron chi connectivity index (χ1n) is 7.24. The molecule has 0 bridgehead atoms. The molecule has 2 rings (SSSR count). The maximum atomic E-state index is 12.3. The summed E-state index contributed by atoms with van der Waals surface area (Å²) in [6.07, 6.45) is 4.88. The Labute approximate surface area is 120 Å². The van der Waals surface area contributed by atoms with E-state index in [1.165, 1.54) is 5.56 Å². The molecule has 0 aliphatic heterocycles. The number of aryl methyl sites for hydroxylation is 1. The maximum absolute atomic E-state index is 12.3. The minimum atomic E-state index is -0.480. The largest absolute Gasteiger partial charge is 0.443 e. The fraction of sp³-hybridized carbons (Fsp3) is 0.471. The van der Waals surface area contributed by atoms with Crippen LogP contribution in [-0.2, 0) is 11.2 Å². The number of fused-ring (bicyclic) bond motifs is 1. The molecule has 1 aromatic carbocycles. The summed E-state index contributed by atoms with van der Waals surface area (Å²) < 4.78 is 7.10. The summed E-state index contributed by atoms with van der Waals surface area (Å²) in [4.78, 5) is 12.3. The topological polar surface area (TPSA) is 31.2 Å². The molecule has 3 heteroatoms. The van der Waals surface area contributed by atoms with E-state index in [1.54, 1.807) is 4.57 Å². The zero-order chi connectivity index (χ0) is 14.8. The molecule has 0 spiro atoms. The summed E-state index contributed by atoms with van der Waals surface area (Å²) in [6.45, 7) is 7.82. The van der Waals surface area contributed by atoms with Crippen molar-refractivity contribution in [2.75, 3.05) is 0 Å². The molecular weight excluding hydrogens is 250 g/mol. The maximum Gasteiger partial charge on any atom is 0.419 e. The number of aromatic nitrogens is 1. The Morgan fingerprint density at radius 1 is 1.25 bits per heavy atom. The van der Waals surface area contributed by atoms with Crippen LogP contribution in [0.3, 0.4) is 0 Å². The van der Waals surface area contributed by atoms with Gasteiger partial charge in [0.15, 0.2) is 0 Å². The lowest BCUT2D eigenvalue weighted by molar-refractivity contribution is 0.0544. The third-order valence-electron chi connectivity index (χ3n) is 3.18. The van der Waals surface area contributed by atoms with Crippen LogP contribution in [0.25, 0.3) is 10.9 Å². The summed E-state index contributed by atoms with van der Waals surface area (Å²) in [5.74, 6) is 0. The van der Waals surface area contributed by atoms with Gasteiger partial charge in [-0.2, -0.15) is 0 Å². The highest BCUT2D eigenvalue weighted by Gasteiger charge is 2.20. The number of carbonyl (C=O) groups excluding carboxylic acids is 1. The fourth-order valence-electron chi connectivity index (χ4n) is 2.28. The second-order valence-electron chi connectivity index (χ2n) is 6.13. The van der Waals surface area contributed by atoms with Gasteiger partial charge >= 0.3 is 6.09 Å². The van der Waals surface area contributed by atoms with Gasteiger partial charge < -0.3 is 4.74 Å². The standard InChI is InChI=1S/C17H23NO2/c1-5-6-9-13-12-18(16(19)20-17(2,3)4)15-11-8-7-10-14(13)15/h7-8,10-12H,5-6,9H2,1-4H3. The van der Waals surface area contributed by atoms with Gasteiger partial charge in [-0.25, -0.2) is 4.79 Å². The molecule has 1 aromatic heterocycles. The summed E-state index contributed by atoms with van der Waals surface area (Å²) in [6, 6.07) is 8.00. The van der Waals surface area contributed by atoms with E-state index in [0.29, 0.717) is 0 Å². The van der Waals surface area contributed by atoms with Crippen molar-refractivity contribution in [3.05, 3.63) is 36.0 Å². The van der Waals surface area contributed by atoms with Crippen molar-refractivity contribution in [3.63, 3.8) is 0 Å². The van der Waals surface area contributed by atoms with Crippen LogP contribution in [0.2, 0.25) is 0 Å². The Hall–Kier alpha value is -1.77. The number of nitrogens with zero attached hydrogens (tertiary/aromatic N) is 1. The number of ether oxygens (including phenoxy) is 1. The van der Waals surface area contributed by atoms with Crippen LogP contribution in [0.4, 0.5) is 4.79 Å². The number of unbranched alkanes of at least 4 members (excludes halogenated alkanes) is 1. The van der Waals surface area contributed by atoms with E-state index in [4.69, 9.17) is 4.74 Å². The van der Waals surface area contributed by atoms with Gasteiger partial charge in [-0.05, 0) is 45.2 Å². The van der Waals surface area contributed by atoms with Crippen molar-refractivity contribution in [1.29, 1.82) is 0 Å². The molecule has 0 fully saturated rings. The van der Waals surface area contributed by atoms with Gasteiger partial charge in [-0.15, -0.1) is 0 Å². The van der Waals surface area contributed by atoms with Crippen LogP contribution in [0.15, 0.2) is 30.5 Å². The van der Waals surface area contributed by atoms with Gasteiger partial charge in [-0.1, -0.05) is 31.5 Å². The molecule has 0 saturated heterocycles. The van der Waals surface area contributed by atoms with Crippen molar-refractivity contribution in [3.8, 4) is 0 Å². The molecule has 108 valence electrons. The summed E-state index contributed by atoms with van der Waals surface area (Å²) in [7, 11) is 0. The van der Waals surface area contributed by atoms with E-state index >= 15 is 0 Å². The van der Waals surface area contributed by atoms with Gasteiger partial charge in [-0.3, -0.25) is 4.57 Å². The van der Waals surface area contributed by atoms with Crippen LogP contribution in [-0.4, -0.2) is 16.3 Å². The normalized spacial score (nSPS) is 11.8. The average molecular weight is 273 g/mol. The number of para-hydroxylation sites is 1. The predicted molar refractivity (Wildman–Crippen MR) is 82.2 cm³/mol. The van der Waals surface area contributed by atoms with Crippen LogP contribution < -0.4 is 0 Å². The van der Waals surface area contributed by atoms with E-state index in [0.717, 1.165) is 30.2 Å². The minimum absolute atomic E-state index is 0.309. The third-order valence-corrected chi connectivity index (χ3v) is 3.18. The molecule has 20 heavy (non-hydrogen) atoms. The van der Waals surface area contributed by atoms with E-state index in [-0.39, 0.29) is 6.09 Å². The van der Waals surface area contributed by atoms with Gasteiger partial charge in [0.1, 0.15) is 5.60 Å². The SMILES string of the molecule is CCCCc1cn(C(=O)OC(C)(C)C)c2ccccc12. The average Bonchev–Trinajstić information content (AvgIpc) is 2.73. The number of carbonyl (C=O) groups is 1. The highest BCUT2D eigenvalue weighted by molar-refractivity contribution is 5.92. The molecule has 0 aliphatic carbocycles. The molecular formula is C17H23NO2.